The molecular formula is C19H20F2N2O3. The zero-order valence-corrected chi connectivity index (χ0v) is 14.8. The first-order valence-electron chi connectivity index (χ1n) is 8.43. The minimum Gasteiger partial charge on any atom is -0.497 e. The number of carbonyl (C=O) groups excluding carboxylic acids is 1. The molecule has 0 saturated carbocycles. The topological polar surface area (TPSA) is 51.5 Å². The SMILES string of the molecule is CCn1cccc(N2C(=O)CC(c3c(F)cc(OC)cc3F)C2C)c1=O. The lowest BCUT2D eigenvalue weighted by Gasteiger charge is -2.25. The fourth-order valence-electron chi connectivity index (χ4n) is 3.55. The quantitative estimate of drug-likeness (QED) is 0.840. The molecule has 26 heavy (non-hydrogen) atoms. The van der Waals surface area contributed by atoms with E-state index in [1.165, 1.54) is 16.6 Å². The van der Waals surface area contributed by atoms with Crippen molar-refractivity contribution in [1.29, 1.82) is 0 Å². The number of rotatable bonds is 4. The van der Waals surface area contributed by atoms with Crippen LogP contribution in [0.4, 0.5) is 14.5 Å². The van der Waals surface area contributed by atoms with Crippen LogP contribution in [-0.4, -0.2) is 23.6 Å². The Bertz CT molecular complexity index is 887. The minimum absolute atomic E-state index is 0.0677. The van der Waals surface area contributed by atoms with Crippen molar-refractivity contribution in [2.75, 3.05) is 12.0 Å². The average Bonchev–Trinajstić information content (AvgIpc) is 2.89. The van der Waals surface area contributed by atoms with Crippen molar-refractivity contribution in [1.82, 2.24) is 4.57 Å². The van der Waals surface area contributed by atoms with E-state index in [1.807, 2.05) is 6.92 Å². The van der Waals surface area contributed by atoms with Crippen LogP contribution >= 0.6 is 0 Å². The highest BCUT2D eigenvalue weighted by Gasteiger charge is 2.42. The molecule has 1 amide bonds. The van der Waals surface area contributed by atoms with Gasteiger partial charge in [0.1, 0.15) is 23.1 Å². The second-order valence-electron chi connectivity index (χ2n) is 6.30. The summed E-state index contributed by atoms with van der Waals surface area (Å²) < 4.78 is 35.3. The summed E-state index contributed by atoms with van der Waals surface area (Å²) in [5, 5.41) is 0. The highest BCUT2D eigenvalue weighted by Crippen LogP contribution is 2.39. The molecule has 0 spiro atoms. The van der Waals surface area contributed by atoms with Gasteiger partial charge >= 0.3 is 0 Å². The van der Waals surface area contributed by atoms with Gasteiger partial charge in [0.15, 0.2) is 0 Å². The lowest BCUT2D eigenvalue weighted by Crippen LogP contribution is -2.38. The van der Waals surface area contributed by atoms with Crippen LogP contribution in [0.3, 0.4) is 0 Å². The van der Waals surface area contributed by atoms with Crippen LogP contribution in [-0.2, 0) is 11.3 Å². The largest absolute Gasteiger partial charge is 0.497 e. The summed E-state index contributed by atoms with van der Waals surface area (Å²) in [6.07, 6.45) is 1.57. The standard InChI is InChI=1S/C19H20F2N2O3/c1-4-22-7-5-6-16(19(22)25)23-11(2)13(10-17(23)24)18-14(20)8-12(26-3)9-15(18)21/h5-9,11,13H,4,10H2,1-3H3. The number of anilines is 1. The Morgan fingerprint density at radius 1 is 1.23 bits per heavy atom. The molecule has 1 aromatic carbocycles. The van der Waals surface area contributed by atoms with Crippen molar-refractivity contribution in [2.24, 2.45) is 0 Å². The zero-order chi connectivity index (χ0) is 19.0. The monoisotopic (exact) mass is 362 g/mol. The van der Waals surface area contributed by atoms with Crippen molar-refractivity contribution in [2.45, 2.75) is 38.8 Å². The van der Waals surface area contributed by atoms with Gasteiger partial charge in [-0.2, -0.15) is 0 Å². The van der Waals surface area contributed by atoms with Gasteiger partial charge in [-0.15, -0.1) is 0 Å². The van der Waals surface area contributed by atoms with Crippen molar-refractivity contribution in [3.05, 3.63) is 58.0 Å². The van der Waals surface area contributed by atoms with Gasteiger partial charge in [0.2, 0.25) is 5.91 Å². The van der Waals surface area contributed by atoms with Crippen molar-refractivity contribution in [3.8, 4) is 5.75 Å². The Balaban J connectivity index is 2.03. The van der Waals surface area contributed by atoms with E-state index in [9.17, 15) is 18.4 Å². The molecule has 1 fully saturated rings. The first-order valence-corrected chi connectivity index (χ1v) is 8.43. The molecule has 5 nitrogen and oxygen atoms in total. The molecule has 7 heteroatoms. The predicted molar refractivity (Wildman–Crippen MR) is 93.6 cm³/mol. The first kappa shape index (κ1) is 18.1. The van der Waals surface area contributed by atoms with E-state index in [-0.39, 0.29) is 34.9 Å². The number of hydrogen-bond donors (Lipinski definition) is 0. The number of carbonyl (C=O) groups is 1. The number of nitrogens with zero attached hydrogens (tertiary/aromatic N) is 2. The van der Waals surface area contributed by atoms with E-state index < -0.39 is 23.6 Å². The molecule has 2 unspecified atom stereocenters. The van der Waals surface area contributed by atoms with E-state index in [0.717, 1.165) is 12.1 Å². The molecule has 0 radical (unpaired) electrons. The Labute approximate surface area is 149 Å². The molecule has 0 N–H and O–H groups in total. The van der Waals surface area contributed by atoms with Gasteiger partial charge in [0, 0.05) is 48.8 Å². The molecule has 1 aliphatic rings. The van der Waals surface area contributed by atoms with Gasteiger partial charge in [-0.25, -0.2) is 8.78 Å². The molecule has 2 aromatic rings. The van der Waals surface area contributed by atoms with Gasteiger partial charge in [-0.1, -0.05) is 0 Å². The zero-order valence-electron chi connectivity index (χ0n) is 14.8. The number of halogens is 2. The van der Waals surface area contributed by atoms with Gasteiger partial charge in [0.05, 0.1) is 7.11 Å². The van der Waals surface area contributed by atoms with Crippen molar-refractivity contribution < 1.29 is 18.3 Å². The van der Waals surface area contributed by atoms with Gasteiger partial charge in [0.25, 0.3) is 5.56 Å². The highest BCUT2D eigenvalue weighted by atomic mass is 19.1. The molecule has 2 heterocycles. The number of aromatic nitrogens is 1. The molecule has 1 aliphatic heterocycles. The Morgan fingerprint density at radius 3 is 2.46 bits per heavy atom. The maximum Gasteiger partial charge on any atom is 0.274 e. The fraction of sp³-hybridized carbons (Fsp3) is 0.368. The third-order valence-electron chi connectivity index (χ3n) is 4.91. The number of methoxy groups -OCH3 is 1. The summed E-state index contributed by atoms with van der Waals surface area (Å²) in [7, 11) is 1.32. The van der Waals surface area contributed by atoms with E-state index in [1.54, 1.807) is 25.3 Å². The van der Waals surface area contributed by atoms with Crippen molar-refractivity contribution >= 4 is 11.6 Å². The summed E-state index contributed by atoms with van der Waals surface area (Å²) in [4.78, 5) is 26.5. The minimum atomic E-state index is -0.757. The Hall–Kier alpha value is -2.70. The summed E-state index contributed by atoms with van der Waals surface area (Å²) in [5.41, 5.74) is -0.226. The molecule has 0 aliphatic carbocycles. The summed E-state index contributed by atoms with van der Waals surface area (Å²) in [6, 6.07) is 4.89. The normalized spacial score (nSPS) is 19.9. The van der Waals surface area contributed by atoms with Gasteiger partial charge < -0.3 is 14.2 Å². The lowest BCUT2D eigenvalue weighted by atomic mass is 9.91. The van der Waals surface area contributed by atoms with Crippen LogP contribution in [0, 0.1) is 11.6 Å². The Kier molecular flexibility index (Phi) is 4.80. The number of ether oxygens (including phenoxy) is 1. The van der Waals surface area contributed by atoms with Crippen LogP contribution < -0.4 is 15.2 Å². The number of pyridine rings is 1. The number of hydrogen-bond acceptors (Lipinski definition) is 3. The summed E-state index contributed by atoms with van der Waals surface area (Å²) in [5.74, 6) is -2.46. The van der Waals surface area contributed by atoms with E-state index >= 15 is 0 Å². The van der Waals surface area contributed by atoms with E-state index in [2.05, 4.69) is 0 Å². The van der Waals surface area contributed by atoms with Crippen LogP contribution in [0.1, 0.15) is 31.7 Å². The third-order valence-corrected chi connectivity index (χ3v) is 4.91. The average molecular weight is 362 g/mol. The number of benzene rings is 1. The predicted octanol–water partition coefficient (Wildman–Crippen LogP) is 3.06. The van der Waals surface area contributed by atoms with E-state index in [4.69, 9.17) is 4.74 Å². The fourth-order valence-corrected chi connectivity index (χ4v) is 3.55. The van der Waals surface area contributed by atoms with Gasteiger partial charge in [-0.05, 0) is 26.0 Å². The van der Waals surface area contributed by atoms with Crippen LogP contribution in [0.5, 0.6) is 5.75 Å². The second kappa shape index (κ2) is 6.90. The van der Waals surface area contributed by atoms with Gasteiger partial charge in [-0.3, -0.25) is 9.59 Å². The smallest absolute Gasteiger partial charge is 0.274 e. The molecule has 138 valence electrons. The second-order valence-corrected chi connectivity index (χ2v) is 6.30. The first-order chi connectivity index (χ1) is 12.4. The molecule has 3 rings (SSSR count). The molecule has 0 bridgehead atoms. The van der Waals surface area contributed by atoms with Crippen LogP contribution in [0.2, 0.25) is 0 Å². The maximum absolute atomic E-state index is 14.5. The number of amides is 1. The molecule has 1 saturated heterocycles. The van der Waals surface area contributed by atoms with Crippen LogP contribution in [0.15, 0.2) is 35.3 Å². The van der Waals surface area contributed by atoms with E-state index in [0.29, 0.717) is 6.54 Å². The van der Waals surface area contributed by atoms with Crippen molar-refractivity contribution in [3.63, 3.8) is 0 Å². The lowest BCUT2D eigenvalue weighted by molar-refractivity contribution is -0.117. The third kappa shape index (κ3) is 2.87. The van der Waals surface area contributed by atoms with Crippen LogP contribution in [0.25, 0.3) is 0 Å². The molecule has 2 atom stereocenters. The Morgan fingerprint density at radius 2 is 1.88 bits per heavy atom. The summed E-state index contributed by atoms with van der Waals surface area (Å²) >= 11 is 0. The number of aryl methyl sites for hydroxylation is 1. The molecular weight excluding hydrogens is 342 g/mol. The molecule has 1 aromatic heterocycles. The summed E-state index contributed by atoms with van der Waals surface area (Å²) in [6.45, 7) is 3.99. The highest BCUT2D eigenvalue weighted by molar-refractivity contribution is 5.97. The maximum atomic E-state index is 14.5.